The molecule has 0 aliphatic rings. The first-order valence-electron chi connectivity index (χ1n) is 18.7. The molecule has 0 unspecified atom stereocenters. The summed E-state index contributed by atoms with van der Waals surface area (Å²) in [4.78, 5) is 38.1. The van der Waals surface area contributed by atoms with Crippen LogP contribution in [0.3, 0.4) is 0 Å². The maximum absolute atomic E-state index is 12.3. The van der Waals surface area contributed by atoms with Crippen molar-refractivity contribution in [3.05, 3.63) is 0 Å². The van der Waals surface area contributed by atoms with E-state index in [4.69, 9.17) is 54.8 Å². The standard InChI is InChI=1S/C33H67N5O20/c34-1-4-52-7-10-57-15-16-58-33(51)38(19-27(35)45)20-28(46)36-2-5-53-8-11-55-13-14-56-12-9-54-6-3-37(17-23(41)29(47)31(49)25(43)21-39)18-24(42)30(48)32(50)26(44)22-40/h23-26,29-32,39-44,47-50H,1-22,34H2,(H2,35,45)(H,36,46)/t23-,24-,25+,26+,29+,30+,31+,32+/m0/s1. The average molecular weight is 854 g/mol. The summed E-state index contributed by atoms with van der Waals surface area (Å²) in [6.07, 6.45) is -15.4. The molecular formula is C33H67N5O20. The Morgan fingerprint density at radius 3 is 1.36 bits per heavy atom. The fourth-order valence-corrected chi connectivity index (χ4v) is 4.63. The lowest BCUT2D eigenvalue weighted by Gasteiger charge is -2.33. The number of rotatable bonds is 39. The van der Waals surface area contributed by atoms with Gasteiger partial charge in [-0.25, -0.2) is 4.79 Å². The molecule has 0 saturated heterocycles. The Morgan fingerprint density at radius 1 is 0.534 bits per heavy atom. The van der Waals surface area contributed by atoms with Crippen LogP contribution < -0.4 is 16.8 Å². The van der Waals surface area contributed by atoms with Crippen LogP contribution in [0.15, 0.2) is 0 Å². The number of aliphatic hydroxyl groups excluding tert-OH is 10. The van der Waals surface area contributed by atoms with Gasteiger partial charge in [-0.3, -0.25) is 19.4 Å². The lowest BCUT2D eigenvalue weighted by atomic mass is 10.0. The summed E-state index contributed by atoms with van der Waals surface area (Å²) in [7, 11) is 0. The number of hydrogen-bond acceptors (Lipinski definition) is 22. The highest BCUT2D eigenvalue weighted by Gasteiger charge is 2.34. The minimum atomic E-state index is -1.90. The van der Waals surface area contributed by atoms with Crippen LogP contribution in [0.2, 0.25) is 0 Å². The van der Waals surface area contributed by atoms with Crippen molar-refractivity contribution in [2.75, 3.05) is 145 Å². The second-order valence-corrected chi connectivity index (χ2v) is 12.6. The van der Waals surface area contributed by atoms with E-state index >= 15 is 0 Å². The average Bonchev–Trinajstić information content (AvgIpc) is 3.20. The number of nitrogens with two attached hydrogens (primary N) is 2. The van der Waals surface area contributed by atoms with E-state index in [-0.39, 0.29) is 85.8 Å². The maximum Gasteiger partial charge on any atom is 0.410 e. The van der Waals surface area contributed by atoms with Crippen molar-refractivity contribution in [2.45, 2.75) is 48.8 Å². The SMILES string of the molecule is NCCOCCOCCOC(=O)N(CC(N)=O)CC(=O)NCCOCCOCCOCCOCCN(C[C@H](O)[C@@H](O)[C@H](O)[C@H](O)CO)C[C@H](O)[C@@H](O)[C@H](O)[C@H](O)CO. The van der Waals surface area contributed by atoms with Gasteiger partial charge in [0.1, 0.15) is 56.3 Å². The molecule has 25 nitrogen and oxygen atoms in total. The van der Waals surface area contributed by atoms with Crippen molar-refractivity contribution < 1.29 is 98.6 Å². The number of carbonyl (C=O) groups is 3. The minimum absolute atomic E-state index is 0.00547. The van der Waals surface area contributed by atoms with Gasteiger partial charge in [-0.1, -0.05) is 0 Å². The Labute approximate surface area is 336 Å². The van der Waals surface area contributed by atoms with Crippen molar-refractivity contribution in [1.29, 1.82) is 0 Å². The van der Waals surface area contributed by atoms with E-state index in [0.717, 1.165) is 4.90 Å². The number of primary amides is 1. The molecule has 25 heteroatoms. The Bertz CT molecular complexity index is 1010. The van der Waals surface area contributed by atoms with Gasteiger partial charge in [0.2, 0.25) is 11.8 Å². The van der Waals surface area contributed by atoms with E-state index in [1.54, 1.807) is 0 Å². The van der Waals surface area contributed by atoms with Crippen molar-refractivity contribution in [3.8, 4) is 0 Å². The molecule has 0 spiro atoms. The predicted molar refractivity (Wildman–Crippen MR) is 198 cm³/mol. The molecular weight excluding hydrogens is 786 g/mol. The maximum atomic E-state index is 12.3. The van der Waals surface area contributed by atoms with Gasteiger partial charge in [0.25, 0.3) is 0 Å². The number of nitrogens with one attached hydrogen (secondary N) is 1. The van der Waals surface area contributed by atoms with Gasteiger partial charge in [0.15, 0.2) is 0 Å². The van der Waals surface area contributed by atoms with E-state index in [2.05, 4.69) is 5.32 Å². The van der Waals surface area contributed by atoms with Crippen LogP contribution in [0.5, 0.6) is 0 Å². The van der Waals surface area contributed by atoms with Crippen LogP contribution in [-0.4, -0.2) is 273 Å². The fraction of sp³-hybridized carbons (Fsp3) is 0.909. The lowest BCUT2D eigenvalue weighted by Crippen LogP contribution is -2.53. The van der Waals surface area contributed by atoms with Crippen molar-refractivity contribution >= 4 is 17.9 Å². The van der Waals surface area contributed by atoms with E-state index in [1.165, 1.54) is 4.90 Å². The lowest BCUT2D eigenvalue weighted by molar-refractivity contribution is -0.131. The molecule has 58 heavy (non-hydrogen) atoms. The van der Waals surface area contributed by atoms with Gasteiger partial charge in [0.05, 0.1) is 105 Å². The van der Waals surface area contributed by atoms with Crippen molar-refractivity contribution in [2.24, 2.45) is 11.5 Å². The third-order valence-corrected chi connectivity index (χ3v) is 7.80. The highest BCUT2D eigenvalue weighted by Crippen LogP contribution is 2.11. The molecule has 0 rings (SSSR count). The van der Waals surface area contributed by atoms with Gasteiger partial charge in [-0.2, -0.15) is 0 Å². The van der Waals surface area contributed by atoms with E-state index in [9.17, 15) is 55.2 Å². The van der Waals surface area contributed by atoms with E-state index in [1.807, 2.05) is 0 Å². The van der Waals surface area contributed by atoms with Crippen molar-refractivity contribution in [1.82, 2.24) is 15.1 Å². The second kappa shape index (κ2) is 35.3. The molecule has 8 atom stereocenters. The van der Waals surface area contributed by atoms with Gasteiger partial charge in [-0.15, -0.1) is 0 Å². The topological polar surface area (TPSA) is 389 Å². The molecule has 0 aliphatic carbocycles. The molecule has 0 heterocycles. The first-order chi connectivity index (χ1) is 27.7. The summed E-state index contributed by atoms with van der Waals surface area (Å²) >= 11 is 0. The summed E-state index contributed by atoms with van der Waals surface area (Å²) in [5.74, 6) is -1.40. The molecule has 0 radical (unpaired) electrons. The smallest absolute Gasteiger partial charge is 0.410 e. The summed E-state index contributed by atoms with van der Waals surface area (Å²) in [5, 5.41) is 101. The monoisotopic (exact) mass is 853 g/mol. The number of aliphatic hydroxyl groups is 10. The normalized spacial score (nSPS) is 15.9. The molecule has 344 valence electrons. The van der Waals surface area contributed by atoms with Crippen LogP contribution in [0.4, 0.5) is 4.79 Å². The number of hydrogen-bond donors (Lipinski definition) is 13. The summed E-state index contributed by atoms with van der Waals surface area (Å²) in [6, 6.07) is 0. The van der Waals surface area contributed by atoms with E-state index in [0.29, 0.717) is 19.8 Å². The number of carbonyl (C=O) groups excluding carboxylic acids is 3. The van der Waals surface area contributed by atoms with Crippen LogP contribution >= 0.6 is 0 Å². The number of nitrogens with zero attached hydrogens (tertiary/aromatic N) is 2. The molecule has 0 aromatic heterocycles. The molecule has 0 aromatic rings. The highest BCUT2D eigenvalue weighted by atomic mass is 16.6. The highest BCUT2D eigenvalue weighted by molar-refractivity contribution is 5.86. The van der Waals surface area contributed by atoms with Crippen molar-refractivity contribution in [3.63, 3.8) is 0 Å². The Kier molecular flexibility index (Phi) is 33.7. The molecule has 0 aliphatic heterocycles. The molecule has 0 fully saturated rings. The molecule has 3 amide bonds. The zero-order valence-electron chi connectivity index (χ0n) is 32.8. The van der Waals surface area contributed by atoms with Crippen LogP contribution in [0.25, 0.3) is 0 Å². The van der Waals surface area contributed by atoms with Gasteiger partial charge < -0.3 is 101 Å². The third-order valence-electron chi connectivity index (χ3n) is 7.80. The zero-order chi connectivity index (χ0) is 43.7. The minimum Gasteiger partial charge on any atom is -0.447 e. The van der Waals surface area contributed by atoms with Gasteiger partial charge in [-0.05, 0) is 0 Å². The molecule has 0 bridgehead atoms. The predicted octanol–water partition coefficient (Wildman–Crippen LogP) is -8.74. The Hall–Kier alpha value is -2.51. The van der Waals surface area contributed by atoms with Crippen LogP contribution in [0, 0.1) is 0 Å². The third kappa shape index (κ3) is 27.3. The Balaban J connectivity index is 4.30. The molecule has 0 aromatic carbocycles. The summed E-state index contributed by atoms with van der Waals surface area (Å²) in [5.41, 5.74) is 10.5. The second-order valence-electron chi connectivity index (χ2n) is 12.6. The summed E-state index contributed by atoms with van der Waals surface area (Å²) in [6.45, 7) is -0.882. The van der Waals surface area contributed by atoms with Crippen LogP contribution in [0.1, 0.15) is 0 Å². The van der Waals surface area contributed by atoms with Crippen LogP contribution in [-0.2, 0) is 42.7 Å². The molecule has 15 N–H and O–H groups in total. The number of ether oxygens (including phenoxy) is 7. The first-order valence-corrected chi connectivity index (χ1v) is 18.7. The first kappa shape index (κ1) is 55.5. The number of amides is 3. The van der Waals surface area contributed by atoms with E-state index < -0.39 is 106 Å². The quantitative estimate of drug-likeness (QED) is 0.0255. The fourth-order valence-electron chi connectivity index (χ4n) is 4.63. The largest absolute Gasteiger partial charge is 0.447 e. The molecule has 0 saturated carbocycles. The zero-order valence-corrected chi connectivity index (χ0v) is 32.8. The van der Waals surface area contributed by atoms with Gasteiger partial charge >= 0.3 is 6.09 Å². The van der Waals surface area contributed by atoms with Gasteiger partial charge in [0, 0.05) is 32.7 Å². The Morgan fingerprint density at radius 2 is 0.931 bits per heavy atom. The summed E-state index contributed by atoms with van der Waals surface area (Å²) < 4.78 is 37.1.